The molecule has 344 valence electrons. The van der Waals surface area contributed by atoms with E-state index in [2.05, 4.69) is 20.5 Å². The number of Topliss-reactive ketones (excluding diaryl/α,β-unsaturated/α-hetero) is 1. The molecule has 1 unspecified atom stereocenters. The predicted octanol–water partition coefficient (Wildman–Crippen LogP) is 9.77. The van der Waals surface area contributed by atoms with Crippen LogP contribution in [0.5, 0.6) is 5.75 Å². The third-order valence-electron chi connectivity index (χ3n) is 12.3. The number of ketones is 1. The van der Waals surface area contributed by atoms with Crippen LogP contribution < -0.4 is 21.5 Å². The highest BCUT2D eigenvalue weighted by atomic mass is 35.5. The average Bonchev–Trinajstić information content (AvgIpc) is 3.90. The summed E-state index contributed by atoms with van der Waals surface area (Å²) in [5.41, 5.74) is 12.3. The van der Waals surface area contributed by atoms with Gasteiger partial charge in [0.15, 0.2) is 23.0 Å². The summed E-state index contributed by atoms with van der Waals surface area (Å²) in [6, 6.07) is 8.62. The molecule has 2 fully saturated rings. The number of nitrogens with zero attached hydrogens (tertiary/aromatic N) is 6. The molecule has 2 aromatic carbocycles. The summed E-state index contributed by atoms with van der Waals surface area (Å²) in [4.78, 5) is 44.8. The Morgan fingerprint density at radius 2 is 1.71 bits per heavy atom. The second kappa shape index (κ2) is 17.8. The fourth-order valence-electron chi connectivity index (χ4n) is 8.99. The number of nitrogens with two attached hydrogens (primary N) is 2. The van der Waals surface area contributed by atoms with Crippen molar-refractivity contribution in [1.82, 2.24) is 29.4 Å². The van der Waals surface area contributed by atoms with E-state index in [9.17, 15) is 31.9 Å². The van der Waals surface area contributed by atoms with Crippen LogP contribution in [0.1, 0.15) is 116 Å². The van der Waals surface area contributed by atoms with Crippen LogP contribution in [0.2, 0.25) is 10.0 Å². The smallest absolute Gasteiger partial charge is 0.435 e. The molecule has 0 radical (unpaired) electrons. The topological polar surface area (TPSA) is 186 Å². The first-order valence-electron chi connectivity index (χ1n) is 21.2. The van der Waals surface area contributed by atoms with Crippen LogP contribution in [-0.2, 0) is 17.3 Å². The number of ether oxygens (including phenoxy) is 2. The van der Waals surface area contributed by atoms with Gasteiger partial charge in [-0.05, 0) is 93.7 Å². The Labute approximate surface area is 381 Å². The summed E-state index contributed by atoms with van der Waals surface area (Å²) in [5.74, 6) is -1.56. The number of carbonyl (C=O) groups excluding carboxylic acids is 3. The van der Waals surface area contributed by atoms with Crippen LogP contribution in [0.25, 0.3) is 16.8 Å². The maximum atomic E-state index is 14.2. The van der Waals surface area contributed by atoms with Gasteiger partial charge in [-0.1, -0.05) is 37.0 Å². The molecule has 3 aliphatic rings. The molecule has 1 atom stereocenters. The number of primary amides is 1. The predicted molar refractivity (Wildman–Crippen MR) is 235 cm³/mol. The van der Waals surface area contributed by atoms with Crippen molar-refractivity contribution in [2.75, 3.05) is 24.1 Å². The van der Waals surface area contributed by atoms with Crippen molar-refractivity contribution in [2.45, 2.75) is 103 Å². The van der Waals surface area contributed by atoms with E-state index < -0.39 is 52.6 Å². The second-order valence-corrected chi connectivity index (χ2v) is 18.5. The van der Waals surface area contributed by atoms with Crippen molar-refractivity contribution in [3.05, 3.63) is 98.9 Å². The van der Waals surface area contributed by atoms with E-state index in [-0.39, 0.29) is 75.2 Å². The lowest BCUT2D eigenvalue weighted by Crippen LogP contribution is -2.41. The molecule has 2 aliphatic carbocycles. The monoisotopic (exact) mass is 939 g/mol. The lowest BCUT2D eigenvalue weighted by molar-refractivity contribution is -0.141. The van der Waals surface area contributed by atoms with Crippen LogP contribution in [-0.4, -0.2) is 72.5 Å². The maximum Gasteiger partial charge on any atom is 0.435 e. The van der Waals surface area contributed by atoms with Crippen molar-refractivity contribution in [2.24, 2.45) is 11.1 Å². The zero-order chi connectivity index (χ0) is 46.5. The van der Waals surface area contributed by atoms with Gasteiger partial charge in [0.1, 0.15) is 18.0 Å². The number of nitrogens with one attached hydrogen (secondary N) is 1. The maximum absolute atomic E-state index is 14.2. The molecular formula is C45H47Cl2F4N9O5. The molecule has 4 heterocycles. The molecule has 14 nitrogen and oxygen atoms in total. The number of halogens is 6. The van der Waals surface area contributed by atoms with Crippen molar-refractivity contribution < 1.29 is 41.4 Å². The molecule has 1 aliphatic heterocycles. The Hall–Kier alpha value is -5.88. The quantitative estimate of drug-likeness (QED) is 0.0899. The standard InChI is InChI=1S/C45H47Cl2F4N9O5/c1-23(37-31(46)10-11-32(48)39(37)47)64-36-16-24(20-54-41(36)52)25-21-55-59(22-25)27-12-14-58(15-13-27)43(63)65-29-7-4-26(5-8-29)56-33-17-28(6-9-30(33)42(53)62)60-34-18-44(2,3)19-35(61)38(34)40(57-60)45(49,50)51/h6,9-11,16-17,20-23,26-27,29,56H,4-5,7-8,12-15,18-19H2,1-3H3,(H2,52,54)(H2,53,62). The number of aromatic nitrogens is 5. The van der Waals surface area contributed by atoms with Gasteiger partial charge in [0.2, 0.25) is 0 Å². The van der Waals surface area contributed by atoms with E-state index in [1.165, 1.54) is 30.3 Å². The van der Waals surface area contributed by atoms with E-state index in [4.69, 9.17) is 44.1 Å². The molecule has 1 saturated heterocycles. The number of anilines is 2. The van der Waals surface area contributed by atoms with Gasteiger partial charge in [-0.2, -0.15) is 23.4 Å². The van der Waals surface area contributed by atoms with Gasteiger partial charge < -0.3 is 31.2 Å². The summed E-state index contributed by atoms with van der Waals surface area (Å²) >= 11 is 12.5. The van der Waals surface area contributed by atoms with Crippen LogP contribution in [0, 0.1) is 11.2 Å². The van der Waals surface area contributed by atoms with Gasteiger partial charge in [-0.15, -0.1) is 0 Å². The van der Waals surface area contributed by atoms with Gasteiger partial charge in [0.25, 0.3) is 5.91 Å². The molecule has 1 saturated carbocycles. The summed E-state index contributed by atoms with van der Waals surface area (Å²) in [7, 11) is 0. The van der Waals surface area contributed by atoms with Gasteiger partial charge in [0, 0.05) is 65.3 Å². The number of rotatable bonds is 10. The number of fused-ring (bicyclic) bond motifs is 1. The van der Waals surface area contributed by atoms with Crippen molar-refractivity contribution in [3.63, 3.8) is 0 Å². The number of benzene rings is 2. The van der Waals surface area contributed by atoms with Gasteiger partial charge in [-0.25, -0.2) is 18.9 Å². The number of likely N-dealkylation sites (tertiary alicyclic amines) is 1. The molecule has 5 N–H and O–H groups in total. The number of pyridine rings is 1. The Morgan fingerprint density at radius 1 is 0.985 bits per heavy atom. The minimum Gasteiger partial charge on any atom is -0.482 e. The molecule has 0 spiro atoms. The number of carbonyl (C=O) groups is 3. The van der Waals surface area contributed by atoms with Crippen LogP contribution in [0.15, 0.2) is 55.0 Å². The molecule has 20 heteroatoms. The highest BCUT2D eigenvalue weighted by molar-refractivity contribution is 6.36. The first-order valence-corrected chi connectivity index (χ1v) is 22.0. The van der Waals surface area contributed by atoms with Crippen LogP contribution >= 0.6 is 23.2 Å². The number of alkyl halides is 3. The fraction of sp³-hybridized carbons (Fsp3) is 0.422. The summed E-state index contributed by atoms with van der Waals surface area (Å²) < 4.78 is 71.6. The number of hydrogen-bond donors (Lipinski definition) is 3. The molecule has 3 aromatic heterocycles. The molecule has 0 bridgehead atoms. The zero-order valence-corrected chi connectivity index (χ0v) is 37.2. The third-order valence-corrected chi connectivity index (χ3v) is 13.0. The molecule has 8 rings (SSSR count). The summed E-state index contributed by atoms with van der Waals surface area (Å²) in [5, 5.41) is 12.0. The number of amides is 2. The fourth-order valence-corrected chi connectivity index (χ4v) is 9.67. The van der Waals surface area contributed by atoms with E-state index >= 15 is 0 Å². The first-order chi connectivity index (χ1) is 30.8. The summed E-state index contributed by atoms with van der Waals surface area (Å²) in [6.07, 6.45) is 2.57. The number of nitrogen functional groups attached to an aromatic ring is 1. The van der Waals surface area contributed by atoms with Crippen molar-refractivity contribution in [3.8, 4) is 22.6 Å². The molecule has 5 aromatic rings. The van der Waals surface area contributed by atoms with E-state index in [0.717, 1.165) is 10.2 Å². The Balaban J connectivity index is 0.853. The van der Waals surface area contributed by atoms with E-state index in [0.29, 0.717) is 62.9 Å². The molecular weight excluding hydrogens is 893 g/mol. The largest absolute Gasteiger partial charge is 0.482 e. The number of hydrogen-bond acceptors (Lipinski definition) is 10. The van der Waals surface area contributed by atoms with Crippen LogP contribution in [0.4, 0.5) is 33.9 Å². The number of piperidine rings is 1. The first kappa shape index (κ1) is 45.7. The lowest BCUT2D eigenvalue weighted by atomic mass is 9.75. The van der Waals surface area contributed by atoms with Crippen LogP contribution in [0.3, 0.4) is 0 Å². The lowest BCUT2D eigenvalue weighted by Gasteiger charge is -2.34. The average molecular weight is 941 g/mol. The minimum atomic E-state index is -4.84. The van der Waals surface area contributed by atoms with E-state index in [1.54, 1.807) is 30.3 Å². The Morgan fingerprint density at radius 3 is 2.40 bits per heavy atom. The normalized spacial score (nSPS) is 19.4. The zero-order valence-electron chi connectivity index (χ0n) is 35.7. The van der Waals surface area contributed by atoms with E-state index in [1.807, 2.05) is 24.7 Å². The van der Waals surface area contributed by atoms with Gasteiger partial charge in [0.05, 0.1) is 39.8 Å². The van der Waals surface area contributed by atoms with Crippen molar-refractivity contribution in [1.29, 1.82) is 0 Å². The SMILES string of the molecule is CC(Oc1cc(-c2cnn(C3CCN(C(=O)OC4CCC(Nc5cc(-n6nc(C(F)(F)F)c7c6CC(C)(C)CC7=O)ccc5C(N)=O)CC4)CC3)c2)cnc1N)c1c(Cl)ccc(F)c1Cl. The highest BCUT2D eigenvalue weighted by Gasteiger charge is 2.45. The van der Waals surface area contributed by atoms with Gasteiger partial charge >= 0.3 is 12.3 Å². The summed E-state index contributed by atoms with van der Waals surface area (Å²) in [6.45, 7) is 6.24. The molecule has 65 heavy (non-hydrogen) atoms. The van der Waals surface area contributed by atoms with Crippen molar-refractivity contribution >= 4 is 52.5 Å². The van der Waals surface area contributed by atoms with Gasteiger partial charge in [-0.3, -0.25) is 14.3 Å². The third kappa shape index (κ3) is 9.60. The Bertz CT molecular complexity index is 2650. The second-order valence-electron chi connectivity index (χ2n) is 17.7. The Kier molecular flexibility index (Phi) is 12.5. The molecule has 2 amide bonds. The highest BCUT2D eigenvalue weighted by Crippen LogP contribution is 2.43. The minimum absolute atomic E-state index is 0.0209.